The average Bonchev–Trinajstić information content (AvgIpc) is 2.91. The van der Waals surface area contributed by atoms with E-state index in [0.717, 1.165) is 19.0 Å². The van der Waals surface area contributed by atoms with E-state index in [4.69, 9.17) is 0 Å². The highest BCUT2D eigenvalue weighted by atomic mass is 32.1. The van der Waals surface area contributed by atoms with E-state index in [2.05, 4.69) is 16.8 Å². The molecule has 0 spiro atoms. The quantitative estimate of drug-likeness (QED) is 0.769. The number of carbonyl (C=O) groups is 1. The number of rotatable bonds is 7. The summed E-state index contributed by atoms with van der Waals surface area (Å²) in [5.41, 5.74) is 0. The number of hydrogen-bond acceptors (Lipinski definition) is 3. The lowest BCUT2D eigenvalue weighted by Gasteiger charge is -2.01. The third-order valence-electron chi connectivity index (χ3n) is 2.64. The van der Waals surface area contributed by atoms with E-state index < -0.39 is 0 Å². The van der Waals surface area contributed by atoms with Gasteiger partial charge >= 0.3 is 0 Å². The fourth-order valence-corrected chi connectivity index (χ4v) is 2.25. The Labute approximate surface area is 94.7 Å². The van der Waals surface area contributed by atoms with E-state index in [1.54, 1.807) is 11.3 Å². The Hall–Kier alpha value is -0.670. The Morgan fingerprint density at radius 3 is 3.00 bits per heavy atom. The number of thiophene rings is 1. The summed E-state index contributed by atoms with van der Waals surface area (Å²) >= 11 is 1.74. The van der Waals surface area contributed by atoms with Crippen molar-refractivity contribution in [2.75, 3.05) is 6.54 Å². The minimum Gasteiger partial charge on any atom is -0.314 e. The third-order valence-corrected chi connectivity index (χ3v) is 3.58. The number of aryl methyl sites for hydroxylation is 1. The molecule has 82 valence electrons. The molecule has 15 heavy (non-hydrogen) atoms. The Kier molecular flexibility index (Phi) is 3.92. The Balaban J connectivity index is 1.55. The predicted molar refractivity (Wildman–Crippen MR) is 63.3 cm³/mol. The minimum absolute atomic E-state index is 0.386. The molecule has 1 aromatic heterocycles. The standard InChI is InChI=1S/C12H17NOS/c14-11(7-8-13-10-3-4-10)5-6-12-2-1-9-15-12/h1-2,9-10,13H,3-8H2. The van der Waals surface area contributed by atoms with Crippen LogP contribution < -0.4 is 5.32 Å². The summed E-state index contributed by atoms with van der Waals surface area (Å²) in [5.74, 6) is 0.386. The Morgan fingerprint density at radius 2 is 2.33 bits per heavy atom. The molecule has 0 bridgehead atoms. The van der Waals surface area contributed by atoms with Gasteiger partial charge in [-0.15, -0.1) is 11.3 Å². The molecule has 0 saturated heterocycles. The molecule has 1 aliphatic rings. The highest BCUT2D eigenvalue weighted by Gasteiger charge is 2.19. The second-order valence-corrected chi connectivity index (χ2v) is 5.13. The summed E-state index contributed by atoms with van der Waals surface area (Å²) in [6.07, 6.45) is 4.90. The predicted octanol–water partition coefficient (Wildman–Crippen LogP) is 2.39. The normalized spacial score (nSPS) is 15.5. The van der Waals surface area contributed by atoms with Crippen LogP contribution in [0.5, 0.6) is 0 Å². The first-order chi connectivity index (χ1) is 7.34. The Bertz CT molecular complexity index is 303. The van der Waals surface area contributed by atoms with Crippen LogP contribution in [0, 0.1) is 0 Å². The number of ketones is 1. The van der Waals surface area contributed by atoms with Crippen LogP contribution in [-0.2, 0) is 11.2 Å². The first-order valence-corrected chi connectivity index (χ1v) is 6.50. The van der Waals surface area contributed by atoms with E-state index in [9.17, 15) is 4.79 Å². The van der Waals surface area contributed by atoms with Gasteiger partial charge in [0.15, 0.2) is 0 Å². The smallest absolute Gasteiger partial charge is 0.134 e. The molecular weight excluding hydrogens is 206 g/mol. The van der Waals surface area contributed by atoms with Crippen molar-refractivity contribution in [1.82, 2.24) is 5.32 Å². The molecule has 3 heteroatoms. The van der Waals surface area contributed by atoms with Crippen LogP contribution in [0.2, 0.25) is 0 Å². The molecule has 0 radical (unpaired) electrons. The lowest BCUT2D eigenvalue weighted by molar-refractivity contribution is -0.118. The molecule has 1 aromatic rings. The first-order valence-electron chi connectivity index (χ1n) is 5.62. The summed E-state index contributed by atoms with van der Waals surface area (Å²) in [5, 5.41) is 5.43. The molecule has 0 amide bonds. The van der Waals surface area contributed by atoms with Crippen molar-refractivity contribution in [2.45, 2.75) is 38.1 Å². The van der Waals surface area contributed by atoms with Gasteiger partial charge in [0.05, 0.1) is 0 Å². The lowest BCUT2D eigenvalue weighted by Crippen LogP contribution is -2.20. The van der Waals surface area contributed by atoms with Gasteiger partial charge in [-0.05, 0) is 30.7 Å². The van der Waals surface area contributed by atoms with Gasteiger partial charge < -0.3 is 5.32 Å². The van der Waals surface area contributed by atoms with Crippen LogP contribution in [0.3, 0.4) is 0 Å². The second kappa shape index (κ2) is 5.42. The molecule has 0 aromatic carbocycles. The molecule has 1 aliphatic carbocycles. The van der Waals surface area contributed by atoms with Crippen molar-refractivity contribution in [3.63, 3.8) is 0 Å². The van der Waals surface area contributed by atoms with Crippen LogP contribution in [0.15, 0.2) is 17.5 Å². The number of nitrogens with one attached hydrogen (secondary N) is 1. The summed E-state index contributed by atoms with van der Waals surface area (Å²) in [4.78, 5) is 12.8. The van der Waals surface area contributed by atoms with Crippen LogP contribution in [0.1, 0.15) is 30.6 Å². The van der Waals surface area contributed by atoms with E-state index in [1.807, 2.05) is 6.07 Å². The average molecular weight is 223 g/mol. The van der Waals surface area contributed by atoms with Gasteiger partial charge in [0.1, 0.15) is 5.78 Å². The van der Waals surface area contributed by atoms with Gasteiger partial charge in [-0.1, -0.05) is 6.07 Å². The molecule has 1 saturated carbocycles. The molecule has 0 aliphatic heterocycles. The van der Waals surface area contributed by atoms with Gasteiger partial charge in [-0.3, -0.25) is 4.79 Å². The van der Waals surface area contributed by atoms with Gasteiger partial charge in [-0.25, -0.2) is 0 Å². The van der Waals surface area contributed by atoms with Crippen molar-refractivity contribution < 1.29 is 4.79 Å². The fraction of sp³-hybridized carbons (Fsp3) is 0.583. The molecule has 2 nitrogen and oxygen atoms in total. The molecular formula is C12H17NOS. The van der Waals surface area contributed by atoms with Gasteiger partial charge in [-0.2, -0.15) is 0 Å². The van der Waals surface area contributed by atoms with Crippen molar-refractivity contribution in [3.05, 3.63) is 22.4 Å². The van der Waals surface area contributed by atoms with Gasteiger partial charge in [0.2, 0.25) is 0 Å². The maximum atomic E-state index is 11.5. The molecule has 1 heterocycles. The van der Waals surface area contributed by atoms with E-state index in [0.29, 0.717) is 18.6 Å². The highest BCUT2D eigenvalue weighted by molar-refractivity contribution is 7.09. The second-order valence-electron chi connectivity index (χ2n) is 4.10. The van der Waals surface area contributed by atoms with E-state index in [-0.39, 0.29) is 0 Å². The molecule has 2 rings (SSSR count). The zero-order chi connectivity index (χ0) is 10.5. The maximum absolute atomic E-state index is 11.5. The molecule has 0 atom stereocenters. The Morgan fingerprint density at radius 1 is 1.47 bits per heavy atom. The van der Waals surface area contributed by atoms with Gasteiger partial charge in [0.25, 0.3) is 0 Å². The maximum Gasteiger partial charge on any atom is 0.134 e. The topological polar surface area (TPSA) is 29.1 Å². The SMILES string of the molecule is O=C(CCNC1CC1)CCc1cccs1. The third kappa shape index (κ3) is 4.14. The fourth-order valence-electron chi connectivity index (χ4n) is 1.55. The number of Topliss-reactive ketones (excluding diaryl/α,β-unsaturated/α-hetero) is 1. The van der Waals surface area contributed by atoms with E-state index >= 15 is 0 Å². The highest BCUT2D eigenvalue weighted by Crippen LogP contribution is 2.18. The van der Waals surface area contributed by atoms with Crippen molar-refractivity contribution >= 4 is 17.1 Å². The lowest BCUT2D eigenvalue weighted by atomic mass is 10.1. The first kappa shape index (κ1) is 10.8. The summed E-state index contributed by atoms with van der Waals surface area (Å²) < 4.78 is 0. The van der Waals surface area contributed by atoms with Crippen LogP contribution in [0.25, 0.3) is 0 Å². The molecule has 0 unspecified atom stereocenters. The zero-order valence-electron chi connectivity index (χ0n) is 8.87. The summed E-state index contributed by atoms with van der Waals surface area (Å²) in [6, 6.07) is 4.86. The number of carbonyl (C=O) groups excluding carboxylic acids is 1. The largest absolute Gasteiger partial charge is 0.314 e. The van der Waals surface area contributed by atoms with E-state index in [1.165, 1.54) is 17.7 Å². The number of hydrogen-bond donors (Lipinski definition) is 1. The monoisotopic (exact) mass is 223 g/mol. The van der Waals surface area contributed by atoms with Crippen LogP contribution in [0.4, 0.5) is 0 Å². The molecule has 1 N–H and O–H groups in total. The molecule has 1 fully saturated rings. The summed E-state index contributed by atoms with van der Waals surface area (Å²) in [6.45, 7) is 0.869. The van der Waals surface area contributed by atoms with Crippen molar-refractivity contribution in [2.24, 2.45) is 0 Å². The van der Waals surface area contributed by atoms with Crippen LogP contribution in [-0.4, -0.2) is 18.4 Å². The van der Waals surface area contributed by atoms with Crippen molar-refractivity contribution in [1.29, 1.82) is 0 Å². The van der Waals surface area contributed by atoms with Crippen molar-refractivity contribution in [3.8, 4) is 0 Å². The zero-order valence-corrected chi connectivity index (χ0v) is 9.69. The minimum atomic E-state index is 0.386. The van der Waals surface area contributed by atoms with Crippen LogP contribution >= 0.6 is 11.3 Å². The van der Waals surface area contributed by atoms with Gasteiger partial charge in [0, 0.05) is 30.3 Å². The summed E-state index contributed by atoms with van der Waals surface area (Å²) in [7, 11) is 0.